The van der Waals surface area contributed by atoms with Gasteiger partial charge >= 0.3 is 5.97 Å². The molecule has 0 saturated heterocycles. The van der Waals surface area contributed by atoms with Crippen LogP contribution < -0.4 is 0 Å². The minimum atomic E-state index is -1.14. The molecule has 0 unspecified atom stereocenters. The molecular formula is C21H15Cl2F2N3O2S. The van der Waals surface area contributed by atoms with E-state index in [1.54, 1.807) is 29.2 Å². The van der Waals surface area contributed by atoms with Crippen LogP contribution in [0.3, 0.4) is 0 Å². The molecular weight excluding hydrogens is 467 g/mol. The fourth-order valence-electron chi connectivity index (χ4n) is 3.28. The molecule has 2 aromatic carbocycles. The molecule has 0 aliphatic rings. The number of carboxylic acids is 1. The van der Waals surface area contributed by atoms with E-state index in [4.69, 9.17) is 28.3 Å². The molecule has 0 fully saturated rings. The third-order valence-electron chi connectivity index (χ3n) is 4.72. The molecule has 0 bridgehead atoms. The number of hydrogen-bond acceptors (Lipinski definition) is 3. The Labute approximate surface area is 190 Å². The molecule has 2 aromatic heterocycles. The zero-order valence-electron chi connectivity index (χ0n) is 16.1. The predicted octanol–water partition coefficient (Wildman–Crippen LogP) is 6.21. The monoisotopic (exact) mass is 481 g/mol. The fourth-order valence-corrected chi connectivity index (χ4v) is 4.87. The Hall–Kier alpha value is -2.55. The van der Waals surface area contributed by atoms with Crippen LogP contribution in [-0.2, 0) is 17.8 Å². The molecule has 0 saturated carbocycles. The molecule has 0 amide bonds. The number of fused-ring (bicyclic) bond motifs is 1. The van der Waals surface area contributed by atoms with E-state index in [9.17, 15) is 9.18 Å². The van der Waals surface area contributed by atoms with Gasteiger partial charge in [-0.15, -0.1) is 0 Å². The highest BCUT2D eigenvalue weighted by Gasteiger charge is 2.24. The van der Waals surface area contributed by atoms with Crippen LogP contribution in [0.2, 0.25) is 10.2 Å². The number of aryl methyl sites for hydroxylation is 1. The first-order chi connectivity index (χ1) is 14.8. The Balaban J connectivity index is 1.91. The van der Waals surface area contributed by atoms with Gasteiger partial charge in [-0.25, -0.2) is 8.78 Å². The summed E-state index contributed by atoms with van der Waals surface area (Å²) in [5, 5.41) is 13.8. The Kier molecular flexibility index (Phi) is 5.96. The van der Waals surface area contributed by atoms with Gasteiger partial charge in [-0.2, -0.15) is 5.10 Å². The molecule has 0 spiro atoms. The molecule has 0 atom stereocenters. The molecule has 160 valence electrons. The van der Waals surface area contributed by atoms with Crippen molar-refractivity contribution in [2.45, 2.75) is 29.7 Å². The molecule has 2 heterocycles. The lowest BCUT2D eigenvalue weighted by molar-refractivity contribution is -0.136. The number of carbonyl (C=O) groups is 1. The van der Waals surface area contributed by atoms with Crippen molar-refractivity contribution in [1.29, 1.82) is 0 Å². The third-order valence-corrected chi connectivity index (χ3v) is 6.63. The number of halogens is 4. The average Bonchev–Trinajstić information content (AvgIpc) is 3.30. The van der Waals surface area contributed by atoms with Gasteiger partial charge in [0.1, 0.15) is 11.0 Å². The standard InChI is InChI=1S/C21H15Cl2F2N3O2S/c1-2-27-10-12(9-26-27)28-19-13(6-7-14(22)18(19)25)20(21(28)23)31-15-5-3-4-11(17(15)24)8-16(29)30/h3-7,9-10H,2,8H2,1H3,(H,29,30). The van der Waals surface area contributed by atoms with Gasteiger partial charge in [0.2, 0.25) is 0 Å². The maximum Gasteiger partial charge on any atom is 0.307 e. The van der Waals surface area contributed by atoms with Crippen molar-refractivity contribution in [1.82, 2.24) is 14.3 Å². The SMILES string of the molecule is CCn1cc(-n2c(Cl)c(Sc3cccc(CC(=O)O)c3F)c3ccc(Cl)c(F)c32)cn1. The first-order valence-electron chi connectivity index (χ1n) is 9.19. The van der Waals surface area contributed by atoms with Gasteiger partial charge < -0.3 is 5.11 Å². The second kappa shape index (κ2) is 8.53. The van der Waals surface area contributed by atoms with Crippen LogP contribution in [0.25, 0.3) is 16.6 Å². The zero-order valence-corrected chi connectivity index (χ0v) is 18.4. The van der Waals surface area contributed by atoms with E-state index in [0.29, 0.717) is 22.5 Å². The summed E-state index contributed by atoms with van der Waals surface area (Å²) < 4.78 is 33.1. The Bertz CT molecular complexity index is 1320. The van der Waals surface area contributed by atoms with Crippen molar-refractivity contribution in [2.24, 2.45) is 0 Å². The van der Waals surface area contributed by atoms with Gasteiger partial charge in [-0.1, -0.05) is 47.1 Å². The largest absolute Gasteiger partial charge is 0.481 e. The lowest BCUT2D eigenvalue weighted by atomic mass is 10.1. The highest BCUT2D eigenvalue weighted by molar-refractivity contribution is 7.99. The second-order valence-corrected chi connectivity index (χ2v) is 8.49. The molecule has 31 heavy (non-hydrogen) atoms. The number of nitrogens with zero attached hydrogens (tertiary/aromatic N) is 3. The smallest absolute Gasteiger partial charge is 0.307 e. The van der Waals surface area contributed by atoms with E-state index in [1.165, 1.54) is 22.8 Å². The van der Waals surface area contributed by atoms with Gasteiger partial charge in [0.25, 0.3) is 0 Å². The van der Waals surface area contributed by atoms with Gasteiger partial charge in [0, 0.05) is 28.6 Å². The van der Waals surface area contributed by atoms with Gasteiger partial charge in [-0.05, 0) is 25.1 Å². The maximum absolute atomic E-state index is 15.1. The van der Waals surface area contributed by atoms with Crippen LogP contribution in [-0.4, -0.2) is 25.4 Å². The molecule has 5 nitrogen and oxygen atoms in total. The van der Waals surface area contributed by atoms with Gasteiger partial charge in [0.05, 0.1) is 33.7 Å². The Morgan fingerprint density at radius 2 is 1.97 bits per heavy atom. The maximum atomic E-state index is 15.1. The number of rotatable bonds is 6. The summed E-state index contributed by atoms with van der Waals surface area (Å²) in [5.74, 6) is -2.45. The number of hydrogen-bond donors (Lipinski definition) is 1. The summed E-state index contributed by atoms with van der Waals surface area (Å²) in [6, 6.07) is 7.54. The topological polar surface area (TPSA) is 60.0 Å². The van der Waals surface area contributed by atoms with E-state index in [0.717, 1.165) is 11.8 Å². The van der Waals surface area contributed by atoms with Gasteiger partial charge in [-0.3, -0.25) is 14.0 Å². The van der Waals surface area contributed by atoms with Crippen molar-refractivity contribution in [3.8, 4) is 5.69 Å². The van der Waals surface area contributed by atoms with E-state index in [-0.39, 0.29) is 26.2 Å². The quantitative estimate of drug-likeness (QED) is 0.355. The second-order valence-electron chi connectivity index (χ2n) is 6.67. The van der Waals surface area contributed by atoms with Gasteiger partial charge in [0.15, 0.2) is 5.82 Å². The van der Waals surface area contributed by atoms with Crippen LogP contribution in [0.4, 0.5) is 8.78 Å². The van der Waals surface area contributed by atoms with Crippen molar-refractivity contribution < 1.29 is 18.7 Å². The van der Waals surface area contributed by atoms with E-state index < -0.39 is 24.0 Å². The molecule has 4 aromatic rings. The molecule has 4 rings (SSSR count). The van der Waals surface area contributed by atoms with Crippen LogP contribution in [0, 0.1) is 11.6 Å². The van der Waals surface area contributed by atoms with Crippen molar-refractivity contribution >= 4 is 51.8 Å². The van der Waals surface area contributed by atoms with Crippen LogP contribution in [0.5, 0.6) is 0 Å². The minimum Gasteiger partial charge on any atom is -0.481 e. The van der Waals surface area contributed by atoms with Crippen molar-refractivity contribution in [3.63, 3.8) is 0 Å². The highest BCUT2D eigenvalue weighted by atomic mass is 35.5. The summed E-state index contributed by atoms with van der Waals surface area (Å²) in [5.41, 5.74) is 0.735. The molecule has 0 aliphatic heterocycles. The van der Waals surface area contributed by atoms with E-state index in [1.807, 2.05) is 6.92 Å². The Morgan fingerprint density at radius 1 is 1.19 bits per heavy atom. The van der Waals surface area contributed by atoms with Crippen molar-refractivity contribution in [3.05, 3.63) is 70.1 Å². The average molecular weight is 482 g/mol. The fraction of sp³-hybridized carbons (Fsp3) is 0.143. The Morgan fingerprint density at radius 3 is 2.65 bits per heavy atom. The van der Waals surface area contributed by atoms with E-state index >= 15 is 4.39 Å². The first-order valence-corrected chi connectivity index (χ1v) is 10.8. The van der Waals surface area contributed by atoms with E-state index in [2.05, 4.69) is 5.10 Å². The highest BCUT2D eigenvalue weighted by Crippen LogP contribution is 2.45. The summed E-state index contributed by atoms with van der Waals surface area (Å²) in [6.45, 7) is 2.53. The van der Waals surface area contributed by atoms with Crippen molar-refractivity contribution in [2.75, 3.05) is 0 Å². The molecule has 10 heteroatoms. The lowest BCUT2D eigenvalue weighted by Crippen LogP contribution is -2.03. The van der Waals surface area contributed by atoms with Crippen LogP contribution in [0.1, 0.15) is 12.5 Å². The zero-order chi connectivity index (χ0) is 22.3. The summed E-state index contributed by atoms with van der Waals surface area (Å²) in [6.07, 6.45) is 2.82. The summed E-state index contributed by atoms with van der Waals surface area (Å²) >= 11 is 13.7. The molecule has 0 radical (unpaired) electrons. The number of aromatic nitrogens is 3. The van der Waals surface area contributed by atoms with Crippen LogP contribution in [0.15, 0.2) is 52.5 Å². The normalized spacial score (nSPS) is 11.4. The summed E-state index contributed by atoms with van der Waals surface area (Å²) in [4.78, 5) is 11.6. The third kappa shape index (κ3) is 3.91. The number of benzene rings is 2. The first kappa shape index (κ1) is 21.7. The summed E-state index contributed by atoms with van der Waals surface area (Å²) in [7, 11) is 0. The van der Waals surface area contributed by atoms with Crippen LogP contribution >= 0.6 is 35.0 Å². The molecule has 1 N–H and O–H groups in total. The lowest BCUT2D eigenvalue weighted by Gasteiger charge is -2.07. The minimum absolute atomic E-state index is 0.0517. The predicted molar refractivity (Wildman–Crippen MR) is 117 cm³/mol. The number of carboxylic acid groups (broad SMARTS) is 1. The molecule has 0 aliphatic carbocycles. The number of aliphatic carboxylic acids is 1.